The number of hydrogen-bond acceptors (Lipinski definition) is 3. The zero-order valence-corrected chi connectivity index (χ0v) is 14.2. The lowest BCUT2D eigenvalue weighted by Gasteiger charge is -2.26. The van der Waals surface area contributed by atoms with Crippen molar-refractivity contribution in [3.63, 3.8) is 0 Å². The number of amides is 1. The molecule has 0 aromatic carbocycles. The third-order valence-corrected chi connectivity index (χ3v) is 6.36. The van der Waals surface area contributed by atoms with Gasteiger partial charge in [0.25, 0.3) is 0 Å². The standard InChI is InChI=1S/C15H21BrN2OS/c1-2-18(10-11-3-4-13(16)20-11)14(19)12-9-15(12)5-7-17-8-6-15/h3-4,12,17H,2,5-10H2,1H3. The van der Waals surface area contributed by atoms with Crippen LogP contribution in [0.3, 0.4) is 0 Å². The Morgan fingerprint density at radius 2 is 2.25 bits per heavy atom. The highest BCUT2D eigenvalue weighted by atomic mass is 79.9. The zero-order valence-electron chi connectivity index (χ0n) is 11.8. The molecule has 2 aliphatic rings. The van der Waals surface area contributed by atoms with E-state index in [1.165, 1.54) is 17.7 Å². The van der Waals surface area contributed by atoms with Gasteiger partial charge in [-0.05, 0) is 72.8 Å². The minimum Gasteiger partial charge on any atom is -0.338 e. The molecule has 2 heterocycles. The maximum Gasteiger partial charge on any atom is 0.226 e. The van der Waals surface area contributed by atoms with Crippen LogP contribution in [0.25, 0.3) is 0 Å². The summed E-state index contributed by atoms with van der Waals surface area (Å²) in [6.45, 7) is 5.80. The fourth-order valence-corrected chi connectivity index (χ4v) is 4.86. The van der Waals surface area contributed by atoms with E-state index in [0.717, 1.165) is 36.4 Å². The fourth-order valence-electron chi connectivity index (χ4n) is 3.36. The van der Waals surface area contributed by atoms with Crippen molar-refractivity contribution in [3.05, 3.63) is 20.8 Å². The molecule has 110 valence electrons. The molecule has 1 atom stereocenters. The molecular weight excluding hydrogens is 336 g/mol. The second kappa shape index (κ2) is 5.78. The highest BCUT2D eigenvalue weighted by Gasteiger charge is 2.58. The van der Waals surface area contributed by atoms with Crippen LogP contribution in [-0.2, 0) is 11.3 Å². The van der Waals surface area contributed by atoms with E-state index in [2.05, 4.69) is 40.3 Å². The number of thiophene rings is 1. The lowest BCUT2D eigenvalue weighted by atomic mass is 9.91. The van der Waals surface area contributed by atoms with Crippen LogP contribution in [0.15, 0.2) is 15.9 Å². The van der Waals surface area contributed by atoms with Crippen LogP contribution >= 0.6 is 27.3 Å². The first-order valence-corrected chi connectivity index (χ1v) is 8.99. The molecule has 1 aliphatic carbocycles. The molecule has 1 saturated carbocycles. The van der Waals surface area contributed by atoms with Gasteiger partial charge in [-0.15, -0.1) is 11.3 Å². The third-order valence-electron chi connectivity index (χ3n) is 4.76. The fraction of sp³-hybridized carbons (Fsp3) is 0.667. The molecule has 0 bridgehead atoms. The summed E-state index contributed by atoms with van der Waals surface area (Å²) in [5.74, 6) is 0.659. The molecule has 1 unspecified atom stereocenters. The monoisotopic (exact) mass is 356 g/mol. The van der Waals surface area contributed by atoms with Gasteiger partial charge in [0.05, 0.1) is 10.3 Å². The first-order valence-electron chi connectivity index (χ1n) is 7.38. The van der Waals surface area contributed by atoms with E-state index in [4.69, 9.17) is 0 Å². The summed E-state index contributed by atoms with van der Waals surface area (Å²) in [6.07, 6.45) is 3.45. The largest absolute Gasteiger partial charge is 0.338 e. The molecule has 3 nitrogen and oxygen atoms in total. The van der Waals surface area contributed by atoms with Crippen molar-refractivity contribution in [3.8, 4) is 0 Å². The molecule has 1 aliphatic heterocycles. The van der Waals surface area contributed by atoms with Gasteiger partial charge >= 0.3 is 0 Å². The number of piperidine rings is 1. The molecule has 2 fully saturated rings. The lowest BCUT2D eigenvalue weighted by Crippen LogP contribution is -2.36. The molecule has 1 spiro atoms. The van der Waals surface area contributed by atoms with Crippen molar-refractivity contribution in [1.82, 2.24) is 10.2 Å². The maximum atomic E-state index is 12.7. The van der Waals surface area contributed by atoms with Gasteiger partial charge in [0, 0.05) is 17.3 Å². The summed E-state index contributed by atoms with van der Waals surface area (Å²) in [6, 6.07) is 4.17. The van der Waals surface area contributed by atoms with Crippen molar-refractivity contribution in [1.29, 1.82) is 0 Å². The van der Waals surface area contributed by atoms with Crippen molar-refractivity contribution in [2.75, 3.05) is 19.6 Å². The van der Waals surface area contributed by atoms with Crippen molar-refractivity contribution in [2.45, 2.75) is 32.7 Å². The highest BCUT2D eigenvalue weighted by molar-refractivity contribution is 9.11. The van der Waals surface area contributed by atoms with E-state index in [1.54, 1.807) is 11.3 Å². The Morgan fingerprint density at radius 3 is 2.85 bits per heavy atom. The molecule has 1 aromatic rings. The second-order valence-electron chi connectivity index (χ2n) is 5.93. The summed E-state index contributed by atoms with van der Waals surface area (Å²) in [7, 11) is 0. The Hall–Kier alpha value is -0.390. The van der Waals surface area contributed by atoms with Gasteiger partial charge in [-0.25, -0.2) is 0 Å². The molecule has 20 heavy (non-hydrogen) atoms. The normalized spacial score (nSPS) is 23.8. The van der Waals surface area contributed by atoms with Gasteiger partial charge in [0.1, 0.15) is 0 Å². The predicted molar refractivity (Wildman–Crippen MR) is 85.8 cm³/mol. The Bertz CT molecular complexity index is 496. The maximum absolute atomic E-state index is 12.7. The molecule has 1 saturated heterocycles. The quantitative estimate of drug-likeness (QED) is 0.897. The minimum absolute atomic E-state index is 0.285. The smallest absolute Gasteiger partial charge is 0.226 e. The van der Waals surface area contributed by atoms with Crippen molar-refractivity contribution >= 4 is 33.2 Å². The zero-order chi connectivity index (χ0) is 14.2. The number of carbonyl (C=O) groups excluding carboxylic acids is 1. The average molecular weight is 357 g/mol. The van der Waals surface area contributed by atoms with Gasteiger partial charge in [0.2, 0.25) is 5.91 Å². The van der Waals surface area contributed by atoms with E-state index in [0.29, 0.717) is 11.3 Å². The van der Waals surface area contributed by atoms with E-state index >= 15 is 0 Å². The van der Waals surface area contributed by atoms with Crippen LogP contribution in [0.5, 0.6) is 0 Å². The molecular formula is C15H21BrN2OS. The van der Waals surface area contributed by atoms with Crippen LogP contribution < -0.4 is 5.32 Å². The number of carbonyl (C=O) groups is 1. The van der Waals surface area contributed by atoms with Crippen LogP contribution in [0.1, 0.15) is 31.1 Å². The van der Waals surface area contributed by atoms with Gasteiger partial charge in [-0.2, -0.15) is 0 Å². The van der Waals surface area contributed by atoms with Crippen LogP contribution in [0.4, 0.5) is 0 Å². The first kappa shape index (κ1) is 14.5. The Morgan fingerprint density at radius 1 is 1.50 bits per heavy atom. The molecule has 1 N–H and O–H groups in total. The summed E-state index contributed by atoms with van der Waals surface area (Å²) >= 11 is 5.21. The third kappa shape index (κ3) is 2.81. The van der Waals surface area contributed by atoms with E-state index in [9.17, 15) is 4.79 Å². The van der Waals surface area contributed by atoms with Crippen molar-refractivity contribution < 1.29 is 4.79 Å². The number of halogens is 1. The van der Waals surface area contributed by atoms with E-state index in [1.807, 2.05) is 4.90 Å². The van der Waals surface area contributed by atoms with Gasteiger partial charge in [-0.1, -0.05) is 0 Å². The molecule has 1 amide bonds. The molecule has 5 heteroatoms. The van der Waals surface area contributed by atoms with Gasteiger partial charge in [0.15, 0.2) is 0 Å². The molecule has 1 aromatic heterocycles. The summed E-state index contributed by atoms with van der Waals surface area (Å²) in [5, 5.41) is 3.40. The summed E-state index contributed by atoms with van der Waals surface area (Å²) in [4.78, 5) is 16.0. The Balaban J connectivity index is 1.63. The SMILES string of the molecule is CCN(Cc1ccc(Br)s1)C(=O)C1CC12CCNCC2. The number of nitrogens with zero attached hydrogens (tertiary/aromatic N) is 1. The summed E-state index contributed by atoms with van der Waals surface area (Å²) < 4.78 is 1.14. The second-order valence-corrected chi connectivity index (χ2v) is 8.47. The first-order chi connectivity index (χ1) is 9.64. The van der Waals surface area contributed by atoms with Gasteiger partial charge in [-0.3, -0.25) is 4.79 Å². The van der Waals surface area contributed by atoms with E-state index in [-0.39, 0.29) is 5.92 Å². The number of hydrogen-bond donors (Lipinski definition) is 1. The van der Waals surface area contributed by atoms with Crippen LogP contribution in [-0.4, -0.2) is 30.4 Å². The Labute approximate surface area is 132 Å². The molecule has 0 radical (unpaired) electrons. The number of nitrogens with one attached hydrogen (secondary N) is 1. The highest BCUT2D eigenvalue weighted by Crippen LogP contribution is 2.59. The Kier molecular flexibility index (Phi) is 4.20. The van der Waals surface area contributed by atoms with E-state index < -0.39 is 0 Å². The van der Waals surface area contributed by atoms with Crippen LogP contribution in [0.2, 0.25) is 0 Å². The van der Waals surface area contributed by atoms with Crippen LogP contribution in [0, 0.1) is 11.3 Å². The topological polar surface area (TPSA) is 32.3 Å². The van der Waals surface area contributed by atoms with Gasteiger partial charge < -0.3 is 10.2 Å². The minimum atomic E-state index is 0.285. The van der Waals surface area contributed by atoms with Crippen molar-refractivity contribution in [2.24, 2.45) is 11.3 Å². The molecule has 3 rings (SSSR count). The number of rotatable bonds is 4. The average Bonchev–Trinajstić information content (AvgIpc) is 2.98. The predicted octanol–water partition coefficient (Wildman–Crippen LogP) is 3.25. The summed E-state index contributed by atoms with van der Waals surface area (Å²) in [5.41, 5.74) is 0.339. The lowest BCUT2D eigenvalue weighted by molar-refractivity contribution is -0.134.